The third kappa shape index (κ3) is 6.49. The van der Waals surface area contributed by atoms with Gasteiger partial charge in [-0.25, -0.2) is 0 Å². The van der Waals surface area contributed by atoms with Gasteiger partial charge in [0, 0.05) is 6.61 Å². The van der Waals surface area contributed by atoms with Crippen molar-refractivity contribution in [2.45, 2.75) is 51.6 Å². The van der Waals surface area contributed by atoms with Crippen LogP contribution in [0.5, 0.6) is 11.5 Å². The molecule has 0 amide bonds. The number of thioether (sulfide) groups is 1. The van der Waals surface area contributed by atoms with Gasteiger partial charge in [-0.3, -0.25) is 0 Å². The molecule has 3 nitrogen and oxygen atoms in total. The van der Waals surface area contributed by atoms with Gasteiger partial charge < -0.3 is 14.2 Å². The molecule has 0 saturated carbocycles. The first-order valence-electron chi connectivity index (χ1n) is 8.35. The highest BCUT2D eigenvalue weighted by atomic mass is 32.2. The Morgan fingerprint density at radius 3 is 2.50 bits per heavy atom. The first-order chi connectivity index (χ1) is 10.9. The van der Waals surface area contributed by atoms with Crippen LogP contribution in [0.2, 0.25) is 0 Å². The zero-order valence-electron chi connectivity index (χ0n) is 13.6. The van der Waals surface area contributed by atoms with E-state index in [1.165, 1.54) is 44.3 Å². The van der Waals surface area contributed by atoms with E-state index in [-0.39, 0.29) is 0 Å². The molecule has 1 heterocycles. The molecular formula is C18H28O3S. The van der Waals surface area contributed by atoms with Gasteiger partial charge in [0.1, 0.15) is 0 Å². The van der Waals surface area contributed by atoms with E-state index in [1.54, 1.807) is 0 Å². The Hall–Kier alpha value is -0.870. The van der Waals surface area contributed by atoms with Crippen LogP contribution < -0.4 is 9.47 Å². The molecular weight excluding hydrogens is 296 g/mol. The summed E-state index contributed by atoms with van der Waals surface area (Å²) in [6.45, 7) is 1.84. The number of hydrogen-bond acceptors (Lipinski definition) is 4. The Morgan fingerprint density at radius 2 is 1.68 bits per heavy atom. The highest BCUT2D eigenvalue weighted by Crippen LogP contribution is 2.32. The highest BCUT2D eigenvalue weighted by molar-refractivity contribution is 7.98. The van der Waals surface area contributed by atoms with Gasteiger partial charge >= 0.3 is 0 Å². The van der Waals surface area contributed by atoms with Gasteiger partial charge in [-0.15, -0.1) is 0 Å². The molecule has 0 saturated heterocycles. The summed E-state index contributed by atoms with van der Waals surface area (Å²) in [6.07, 6.45) is 11.5. The molecule has 1 aliphatic heterocycles. The fourth-order valence-corrected chi connectivity index (χ4v) is 3.05. The van der Waals surface area contributed by atoms with Crippen LogP contribution in [0, 0.1) is 0 Å². The second-order valence-corrected chi connectivity index (χ2v) is 6.69. The van der Waals surface area contributed by atoms with Crippen molar-refractivity contribution in [1.29, 1.82) is 0 Å². The third-order valence-electron chi connectivity index (χ3n) is 3.84. The maximum atomic E-state index is 5.74. The first-order valence-corrected chi connectivity index (χ1v) is 9.75. The normalized spacial score (nSPS) is 12.8. The summed E-state index contributed by atoms with van der Waals surface area (Å²) < 4.78 is 16.4. The molecule has 1 aromatic rings. The van der Waals surface area contributed by atoms with Crippen molar-refractivity contribution in [1.82, 2.24) is 0 Å². The van der Waals surface area contributed by atoms with Crippen LogP contribution in [0.25, 0.3) is 0 Å². The van der Waals surface area contributed by atoms with E-state index in [4.69, 9.17) is 14.2 Å². The van der Waals surface area contributed by atoms with Gasteiger partial charge in [-0.05, 0) is 42.5 Å². The van der Waals surface area contributed by atoms with E-state index in [0.29, 0.717) is 13.4 Å². The van der Waals surface area contributed by atoms with Crippen molar-refractivity contribution < 1.29 is 14.2 Å². The number of rotatable bonds is 12. The molecule has 0 aliphatic carbocycles. The molecule has 0 N–H and O–H groups in total. The Labute approximate surface area is 138 Å². The summed E-state index contributed by atoms with van der Waals surface area (Å²) in [7, 11) is 0. The zero-order chi connectivity index (χ0) is 15.5. The SMILES string of the molecule is CSCCCCCCCCCOCc1ccc2c(c1)OCO2. The molecule has 2 rings (SSSR count). The quantitative estimate of drug-likeness (QED) is 0.504. The van der Waals surface area contributed by atoms with Crippen LogP contribution in [-0.2, 0) is 11.3 Å². The molecule has 0 spiro atoms. The topological polar surface area (TPSA) is 27.7 Å². The molecule has 0 radical (unpaired) electrons. The maximum Gasteiger partial charge on any atom is 0.231 e. The monoisotopic (exact) mass is 324 g/mol. The van der Waals surface area contributed by atoms with Gasteiger partial charge in [0.15, 0.2) is 11.5 Å². The summed E-state index contributed by atoms with van der Waals surface area (Å²) >= 11 is 1.95. The fraction of sp³-hybridized carbons (Fsp3) is 0.667. The molecule has 0 unspecified atom stereocenters. The van der Waals surface area contributed by atoms with Crippen LogP contribution in [0.15, 0.2) is 18.2 Å². The van der Waals surface area contributed by atoms with Crippen LogP contribution in [0.1, 0.15) is 50.5 Å². The second kappa shape index (κ2) is 10.8. The Kier molecular flexibility index (Phi) is 8.57. The van der Waals surface area contributed by atoms with Crippen LogP contribution in [0.3, 0.4) is 0 Å². The second-order valence-electron chi connectivity index (χ2n) is 5.71. The van der Waals surface area contributed by atoms with E-state index in [1.807, 2.05) is 30.0 Å². The average molecular weight is 324 g/mol. The summed E-state index contributed by atoms with van der Waals surface area (Å²) in [5.41, 5.74) is 1.15. The minimum atomic E-state index is 0.330. The van der Waals surface area contributed by atoms with E-state index in [2.05, 4.69) is 6.26 Å². The number of unbranched alkanes of at least 4 members (excludes halogenated alkanes) is 6. The number of ether oxygens (including phenoxy) is 3. The van der Waals surface area contributed by atoms with Crippen molar-refractivity contribution in [2.75, 3.05) is 25.4 Å². The largest absolute Gasteiger partial charge is 0.454 e. The van der Waals surface area contributed by atoms with Crippen molar-refractivity contribution in [3.8, 4) is 11.5 Å². The summed E-state index contributed by atoms with van der Waals surface area (Å²) in [5.74, 6) is 2.98. The lowest BCUT2D eigenvalue weighted by Gasteiger charge is -2.06. The number of benzene rings is 1. The van der Waals surface area contributed by atoms with E-state index >= 15 is 0 Å². The van der Waals surface area contributed by atoms with Crippen molar-refractivity contribution in [2.24, 2.45) is 0 Å². The van der Waals surface area contributed by atoms with Gasteiger partial charge in [-0.1, -0.05) is 38.2 Å². The zero-order valence-corrected chi connectivity index (χ0v) is 14.5. The predicted molar refractivity (Wildman–Crippen MR) is 92.9 cm³/mol. The van der Waals surface area contributed by atoms with E-state index in [9.17, 15) is 0 Å². The third-order valence-corrected chi connectivity index (χ3v) is 4.54. The van der Waals surface area contributed by atoms with Crippen molar-refractivity contribution >= 4 is 11.8 Å². The lowest BCUT2D eigenvalue weighted by Crippen LogP contribution is -1.96. The molecule has 0 aromatic heterocycles. The Balaban J connectivity index is 1.43. The van der Waals surface area contributed by atoms with Crippen molar-refractivity contribution in [3.05, 3.63) is 23.8 Å². The number of fused-ring (bicyclic) bond motifs is 1. The first kappa shape index (κ1) is 17.5. The summed E-state index contributed by atoms with van der Waals surface area (Å²) in [4.78, 5) is 0. The molecule has 0 bridgehead atoms. The summed E-state index contributed by atoms with van der Waals surface area (Å²) in [5, 5.41) is 0. The molecule has 124 valence electrons. The minimum absolute atomic E-state index is 0.330. The van der Waals surface area contributed by atoms with E-state index < -0.39 is 0 Å². The standard InChI is InChI=1S/C18H28O3S/c1-22-12-8-6-4-2-3-5-7-11-19-14-16-9-10-17-18(13-16)21-15-20-17/h9-10,13H,2-8,11-12,14-15H2,1H3. The Morgan fingerprint density at radius 1 is 0.955 bits per heavy atom. The molecule has 0 atom stereocenters. The Bertz CT molecular complexity index is 423. The minimum Gasteiger partial charge on any atom is -0.454 e. The molecule has 1 aliphatic rings. The summed E-state index contributed by atoms with van der Waals surface area (Å²) in [6, 6.07) is 6.01. The molecule has 22 heavy (non-hydrogen) atoms. The van der Waals surface area contributed by atoms with Gasteiger partial charge in [0.2, 0.25) is 6.79 Å². The van der Waals surface area contributed by atoms with Gasteiger partial charge in [0.05, 0.1) is 6.61 Å². The number of hydrogen-bond donors (Lipinski definition) is 0. The predicted octanol–water partition coefficient (Wildman–Crippen LogP) is 5.03. The van der Waals surface area contributed by atoms with Gasteiger partial charge in [-0.2, -0.15) is 11.8 Å². The smallest absolute Gasteiger partial charge is 0.231 e. The van der Waals surface area contributed by atoms with Crippen LogP contribution in [-0.4, -0.2) is 25.4 Å². The molecule has 4 heteroatoms. The van der Waals surface area contributed by atoms with Crippen molar-refractivity contribution in [3.63, 3.8) is 0 Å². The highest BCUT2D eigenvalue weighted by Gasteiger charge is 2.12. The van der Waals surface area contributed by atoms with Gasteiger partial charge in [0.25, 0.3) is 0 Å². The maximum absolute atomic E-state index is 5.74. The van der Waals surface area contributed by atoms with E-state index in [0.717, 1.165) is 30.1 Å². The van der Waals surface area contributed by atoms with Crippen LogP contribution >= 0.6 is 11.8 Å². The average Bonchev–Trinajstić information content (AvgIpc) is 3.00. The molecule has 1 aromatic carbocycles. The lowest BCUT2D eigenvalue weighted by molar-refractivity contribution is 0.116. The molecule has 0 fully saturated rings. The lowest BCUT2D eigenvalue weighted by atomic mass is 10.1. The fourth-order valence-electron chi connectivity index (χ4n) is 2.56. The van der Waals surface area contributed by atoms with Crippen LogP contribution in [0.4, 0.5) is 0 Å².